The lowest BCUT2D eigenvalue weighted by Gasteiger charge is -2.08. The number of halogens is 3. The van der Waals surface area contributed by atoms with Crippen LogP contribution in [0.2, 0.25) is 0 Å². The van der Waals surface area contributed by atoms with Gasteiger partial charge in [0.25, 0.3) is 5.75 Å². The first-order valence-electron chi connectivity index (χ1n) is 4.02. The molecule has 0 aliphatic heterocycles. The topological polar surface area (TPSA) is 123 Å². The predicted molar refractivity (Wildman–Crippen MR) is 47.4 cm³/mol. The number of aromatic amines is 1. The fraction of sp³-hybridized carbons (Fsp3) is 0.143. The molecule has 0 saturated carbocycles. The van der Waals surface area contributed by atoms with Crippen molar-refractivity contribution in [2.45, 2.75) is 6.36 Å². The number of carboxylic acid groups (broad SMARTS) is 1. The van der Waals surface area contributed by atoms with Gasteiger partial charge in [-0.1, -0.05) is 0 Å². The minimum atomic E-state index is -5.32. The van der Waals surface area contributed by atoms with Crippen LogP contribution in [0.1, 0.15) is 10.5 Å². The molecule has 1 aromatic heterocycles. The van der Waals surface area contributed by atoms with Gasteiger partial charge in [-0.2, -0.15) is 0 Å². The molecular formula is C7H3F3N2O6. The minimum Gasteiger partial charge on any atom is -0.475 e. The van der Waals surface area contributed by atoms with E-state index in [2.05, 4.69) is 4.74 Å². The Balaban J connectivity index is 3.47. The van der Waals surface area contributed by atoms with E-state index in [1.807, 2.05) is 0 Å². The fourth-order valence-corrected chi connectivity index (χ4v) is 0.992. The Hall–Kier alpha value is -2.59. The van der Waals surface area contributed by atoms with E-state index >= 15 is 0 Å². The van der Waals surface area contributed by atoms with Crippen LogP contribution in [-0.2, 0) is 0 Å². The number of nitro groups is 1. The molecule has 0 aromatic carbocycles. The van der Waals surface area contributed by atoms with Gasteiger partial charge in [-0.05, 0) is 4.92 Å². The highest BCUT2D eigenvalue weighted by molar-refractivity contribution is 5.85. The third-order valence-corrected chi connectivity index (χ3v) is 1.60. The summed E-state index contributed by atoms with van der Waals surface area (Å²) in [5, 5.41) is 18.9. The van der Waals surface area contributed by atoms with Gasteiger partial charge in [0.2, 0.25) is 11.1 Å². The lowest BCUT2D eigenvalue weighted by Crippen LogP contribution is -2.24. The second-order valence-corrected chi connectivity index (χ2v) is 2.84. The van der Waals surface area contributed by atoms with E-state index < -0.39 is 39.9 Å². The standard InChI is InChI=1S/C7H3F3N2O6/c8-7(9,10)18-4-3(13)1-2(6(14)15)11-5(4)12(16)17/h1H,(H,11,13)(H,14,15). The van der Waals surface area contributed by atoms with Crippen molar-refractivity contribution in [1.29, 1.82) is 0 Å². The normalized spacial score (nSPS) is 11.1. The van der Waals surface area contributed by atoms with Crippen LogP contribution < -0.4 is 10.2 Å². The number of aromatic carboxylic acids is 1. The molecule has 0 spiro atoms. The van der Waals surface area contributed by atoms with Crippen molar-refractivity contribution in [2.75, 3.05) is 0 Å². The number of hydrogen-bond donors (Lipinski definition) is 2. The van der Waals surface area contributed by atoms with E-state index in [9.17, 15) is 32.9 Å². The molecular weight excluding hydrogens is 265 g/mol. The van der Waals surface area contributed by atoms with Crippen LogP contribution in [0, 0.1) is 10.1 Å². The molecule has 0 aliphatic carbocycles. The number of aromatic nitrogens is 1. The SMILES string of the molecule is O=C(O)c1cc(=O)c(OC(F)(F)F)c([N+](=O)[O-])[nH]1. The third-order valence-electron chi connectivity index (χ3n) is 1.60. The number of nitrogens with one attached hydrogen (secondary N) is 1. The zero-order chi connectivity index (χ0) is 14.1. The molecule has 98 valence electrons. The van der Waals surface area contributed by atoms with Gasteiger partial charge in [0.15, 0.2) is 0 Å². The smallest absolute Gasteiger partial charge is 0.475 e. The average Bonchev–Trinajstić information content (AvgIpc) is 2.18. The minimum absolute atomic E-state index is 0.246. The lowest BCUT2D eigenvalue weighted by molar-refractivity contribution is -0.393. The van der Waals surface area contributed by atoms with E-state index in [4.69, 9.17) is 5.11 Å². The number of nitrogens with zero attached hydrogens (tertiary/aromatic N) is 1. The van der Waals surface area contributed by atoms with Gasteiger partial charge < -0.3 is 20.0 Å². The zero-order valence-electron chi connectivity index (χ0n) is 8.15. The van der Waals surface area contributed by atoms with Crippen LogP contribution in [0.5, 0.6) is 5.75 Å². The Labute approximate surface area is 94.8 Å². The first-order valence-corrected chi connectivity index (χ1v) is 4.02. The molecule has 1 heterocycles. The van der Waals surface area contributed by atoms with Crippen molar-refractivity contribution >= 4 is 11.8 Å². The van der Waals surface area contributed by atoms with Crippen molar-refractivity contribution in [3.63, 3.8) is 0 Å². The quantitative estimate of drug-likeness (QED) is 0.619. The predicted octanol–water partition coefficient (Wildman–Crippen LogP) is 0.880. The fourth-order valence-electron chi connectivity index (χ4n) is 0.992. The molecule has 0 bridgehead atoms. The summed E-state index contributed by atoms with van der Waals surface area (Å²) in [4.78, 5) is 32.2. The Bertz CT molecular complexity index is 563. The largest absolute Gasteiger partial charge is 0.573 e. The van der Waals surface area contributed by atoms with Crippen molar-refractivity contribution in [3.8, 4) is 5.75 Å². The van der Waals surface area contributed by atoms with Crippen LogP contribution in [0.15, 0.2) is 10.9 Å². The Morgan fingerprint density at radius 2 is 2.06 bits per heavy atom. The summed E-state index contributed by atoms with van der Waals surface area (Å²) in [5.74, 6) is -4.86. The molecule has 11 heteroatoms. The summed E-state index contributed by atoms with van der Waals surface area (Å²) < 4.78 is 38.9. The van der Waals surface area contributed by atoms with Gasteiger partial charge in [-0.15, -0.1) is 13.2 Å². The van der Waals surface area contributed by atoms with Crippen molar-refractivity contribution in [3.05, 3.63) is 32.1 Å². The van der Waals surface area contributed by atoms with Crippen molar-refractivity contribution in [2.24, 2.45) is 0 Å². The Morgan fingerprint density at radius 1 is 1.50 bits per heavy atom. The molecule has 18 heavy (non-hydrogen) atoms. The molecule has 0 aliphatic rings. The van der Waals surface area contributed by atoms with E-state index in [0.717, 1.165) is 0 Å². The van der Waals surface area contributed by atoms with Crippen LogP contribution in [0.4, 0.5) is 19.0 Å². The second kappa shape index (κ2) is 4.35. The molecule has 0 saturated heterocycles. The maximum Gasteiger partial charge on any atom is 0.573 e. The van der Waals surface area contributed by atoms with E-state index in [1.54, 1.807) is 4.98 Å². The molecule has 1 rings (SSSR count). The molecule has 0 unspecified atom stereocenters. The molecule has 1 aromatic rings. The molecule has 2 N–H and O–H groups in total. The number of ether oxygens (including phenoxy) is 1. The van der Waals surface area contributed by atoms with Crippen molar-refractivity contribution < 1.29 is 32.7 Å². The zero-order valence-corrected chi connectivity index (χ0v) is 8.15. The maximum absolute atomic E-state index is 11.9. The van der Waals surface area contributed by atoms with Crippen LogP contribution in [-0.4, -0.2) is 27.3 Å². The number of carbonyl (C=O) groups is 1. The summed E-state index contributed by atoms with van der Waals surface area (Å²) in [5.41, 5.74) is -2.50. The molecule has 8 nitrogen and oxygen atoms in total. The average molecular weight is 268 g/mol. The Kier molecular flexibility index (Phi) is 3.26. The van der Waals surface area contributed by atoms with Crippen LogP contribution in [0.3, 0.4) is 0 Å². The van der Waals surface area contributed by atoms with Gasteiger partial charge in [-0.3, -0.25) is 4.79 Å². The highest BCUT2D eigenvalue weighted by Gasteiger charge is 2.36. The third kappa shape index (κ3) is 2.96. The summed E-state index contributed by atoms with van der Waals surface area (Å²) in [6.45, 7) is 0. The number of H-pyrrole nitrogens is 1. The highest BCUT2D eigenvalue weighted by Crippen LogP contribution is 2.26. The maximum atomic E-state index is 11.9. The lowest BCUT2D eigenvalue weighted by atomic mass is 10.3. The Morgan fingerprint density at radius 3 is 2.44 bits per heavy atom. The summed E-state index contributed by atoms with van der Waals surface area (Å²) in [6, 6.07) is 0.246. The number of rotatable bonds is 3. The first-order chi connectivity index (χ1) is 8.11. The molecule has 0 fully saturated rings. The number of hydrogen-bond acceptors (Lipinski definition) is 5. The van der Waals surface area contributed by atoms with Crippen LogP contribution in [0.25, 0.3) is 0 Å². The second-order valence-electron chi connectivity index (χ2n) is 2.84. The molecule has 0 radical (unpaired) electrons. The van der Waals surface area contributed by atoms with Crippen molar-refractivity contribution in [1.82, 2.24) is 4.98 Å². The first kappa shape index (κ1) is 13.5. The molecule has 0 atom stereocenters. The monoisotopic (exact) mass is 268 g/mol. The van der Waals surface area contributed by atoms with Gasteiger partial charge in [0.05, 0.1) is 0 Å². The van der Waals surface area contributed by atoms with Crippen LogP contribution >= 0.6 is 0 Å². The highest BCUT2D eigenvalue weighted by atomic mass is 19.4. The van der Waals surface area contributed by atoms with E-state index in [1.165, 1.54) is 0 Å². The number of carboxylic acids is 1. The van der Waals surface area contributed by atoms with E-state index in [-0.39, 0.29) is 6.07 Å². The molecule has 0 amide bonds. The van der Waals surface area contributed by atoms with Gasteiger partial charge >= 0.3 is 18.1 Å². The van der Waals surface area contributed by atoms with Gasteiger partial charge in [-0.25, -0.2) is 9.78 Å². The summed E-state index contributed by atoms with van der Waals surface area (Å²) >= 11 is 0. The summed E-state index contributed by atoms with van der Waals surface area (Å²) in [6.07, 6.45) is -5.32. The number of pyridine rings is 1. The van der Waals surface area contributed by atoms with Gasteiger partial charge in [0.1, 0.15) is 0 Å². The summed E-state index contributed by atoms with van der Waals surface area (Å²) in [7, 11) is 0. The van der Waals surface area contributed by atoms with E-state index in [0.29, 0.717) is 0 Å². The number of alkyl halides is 3. The van der Waals surface area contributed by atoms with Gasteiger partial charge in [0, 0.05) is 6.07 Å².